The Morgan fingerprint density at radius 2 is 1.89 bits per heavy atom. The molecule has 0 bridgehead atoms. The second kappa shape index (κ2) is 9.78. The molecule has 8 heteroatoms. The molecule has 1 saturated heterocycles. The Kier molecular flexibility index (Phi) is 6.53. The Morgan fingerprint density at radius 1 is 1.11 bits per heavy atom. The highest BCUT2D eigenvalue weighted by atomic mass is 16.2. The van der Waals surface area contributed by atoms with E-state index in [1.54, 1.807) is 7.05 Å². The van der Waals surface area contributed by atoms with Crippen molar-refractivity contribution in [3.05, 3.63) is 80.5 Å². The molecule has 2 aromatic carbocycles. The highest BCUT2D eigenvalue weighted by Crippen LogP contribution is 2.24. The average molecular weight is 487 g/mol. The standard InChI is InChI=1S/C28H34N6O2/c1-19(2)13-16-33-24-25(30-27(33)32-15-7-11-22(29)18-32)31(3)28(36)34(26(24)35)17-14-21-10-6-9-20-8-4-5-12-23(20)21/h4-6,8-10,12-13,22H,7,11,14-18,29H2,1-3H3. The number of aromatic nitrogens is 4. The van der Waals surface area contributed by atoms with Crippen LogP contribution in [0.2, 0.25) is 0 Å². The van der Waals surface area contributed by atoms with E-state index in [4.69, 9.17) is 10.7 Å². The summed E-state index contributed by atoms with van der Waals surface area (Å²) in [4.78, 5) is 34.1. The predicted molar refractivity (Wildman–Crippen MR) is 146 cm³/mol. The Morgan fingerprint density at radius 3 is 2.67 bits per heavy atom. The van der Waals surface area contributed by atoms with Crippen LogP contribution in [0.15, 0.2) is 63.7 Å². The highest BCUT2D eigenvalue weighted by molar-refractivity contribution is 5.85. The van der Waals surface area contributed by atoms with E-state index in [0.29, 0.717) is 43.2 Å². The maximum Gasteiger partial charge on any atom is 0.332 e. The van der Waals surface area contributed by atoms with Crippen LogP contribution in [0.4, 0.5) is 5.95 Å². The molecule has 0 saturated carbocycles. The van der Waals surface area contributed by atoms with Crippen LogP contribution in [0.1, 0.15) is 32.3 Å². The van der Waals surface area contributed by atoms with Crippen molar-refractivity contribution in [2.75, 3.05) is 18.0 Å². The molecule has 1 fully saturated rings. The molecule has 36 heavy (non-hydrogen) atoms. The number of anilines is 1. The van der Waals surface area contributed by atoms with Gasteiger partial charge in [0.25, 0.3) is 5.56 Å². The first kappa shape index (κ1) is 24.1. The van der Waals surface area contributed by atoms with Crippen molar-refractivity contribution in [3.63, 3.8) is 0 Å². The minimum atomic E-state index is -0.346. The SMILES string of the molecule is CC(C)=CCn1c(N2CCCC(N)C2)nc2c1c(=O)n(CCc1cccc3ccccc13)c(=O)n2C. The van der Waals surface area contributed by atoms with Crippen LogP contribution in [-0.4, -0.2) is 37.8 Å². The maximum absolute atomic E-state index is 13.8. The lowest BCUT2D eigenvalue weighted by molar-refractivity contribution is 0.495. The number of piperidine rings is 1. The van der Waals surface area contributed by atoms with Crippen LogP contribution >= 0.6 is 0 Å². The fourth-order valence-corrected chi connectivity index (χ4v) is 5.18. The molecule has 8 nitrogen and oxygen atoms in total. The highest BCUT2D eigenvalue weighted by Gasteiger charge is 2.26. The average Bonchev–Trinajstić information content (AvgIpc) is 3.26. The summed E-state index contributed by atoms with van der Waals surface area (Å²) in [6.45, 7) is 6.39. The molecule has 1 aliphatic heterocycles. The van der Waals surface area contributed by atoms with Gasteiger partial charge in [-0.1, -0.05) is 54.1 Å². The maximum atomic E-state index is 13.8. The third kappa shape index (κ3) is 4.37. The topological polar surface area (TPSA) is 91.1 Å². The second-order valence-electron chi connectivity index (χ2n) is 10.0. The second-order valence-corrected chi connectivity index (χ2v) is 10.0. The van der Waals surface area contributed by atoms with Crippen molar-refractivity contribution in [1.82, 2.24) is 18.7 Å². The van der Waals surface area contributed by atoms with Crippen molar-refractivity contribution >= 4 is 27.9 Å². The fourth-order valence-electron chi connectivity index (χ4n) is 5.18. The number of fused-ring (bicyclic) bond motifs is 2. The van der Waals surface area contributed by atoms with Gasteiger partial charge < -0.3 is 15.2 Å². The number of nitrogens with two attached hydrogens (primary N) is 1. The molecule has 0 spiro atoms. The van der Waals surface area contributed by atoms with Gasteiger partial charge in [-0.05, 0) is 49.4 Å². The third-order valence-electron chi connectivity index (χ3n) is 7.12. The number of hydrogen-bond donors (Lipinski definition) is 1. The van der Waals surface area contributed by atoms with E-state index in [9.17, 15) is 9.59 Å². The lowest BCUT2D eigenvalue weighted by Gasteiger charge is -2.31. The van der Waals surface area contributed by atoms with E-state index in [0.717, 1.165) is 41.3 Å². The van der Waals surface area contributed by atoms with Crippen molar-refractivity contribution in [2.45, 2.75) is 52.2 Å². The largest absolute Gasteiger partial charge is 0.341 e. The number of hydrogen-bond acceptors (Lipinski definition) is 5. The summed E-state index contributed by atoms with van der Waals surface area (Å²) in [7, 11) is 1.70. The first-order valence-corrected chi connectivity index (χ1v) is 12.7. The number of benzene rings is 2. The monoisotopic (exact) mass is 486 g/mol. The summed E-state index contributed by atoms with van der Waals surface area (Å²) in [5.74, 6) is 0.705. The number of aryl methyl sites for hydroxylation is 2. The van der Waals surface area contributed by atoms with Gasteiger partial charge in [0, 0.05) is 39.3 Å². The Hall–Kier alpha value is -3.65. The van der Waals surface area contributed by atoms with Crippen LogP contribution in [0.25, 0.3) is 21.9 Å². The van der Waals surface area contributed by atoms with Crippen molar-refractivity contribution in [3.8, 4) is 0 Å². The zero-order valence-corrected chi connectivity index (χ0v) is 21.3. The van der Waals surface area contributed by atoms with Gasteiger partial charge >= 0.3 is 5.69 Å². The number of rotatable bonds is 6. The van der Waals surface area contributed by atoms with Gasteiger partial charge in [0.15, 0.2) is 11.2 Å². The van der Waals surface area contributed by atoms with Crippen LogP contribution in [0.3, 0.4) is 0 Å². The quantitative estimate of drug-likeness (QED) is 0.423. The molecule has 0 amide bonds. The van der Waals surface area contributed by atoms with Gasteiger partial charge in [-0.2, -0.15) is 4.98 Å². The minimum absolute atomic E-state index is 0.0663. The van der Waals surface area contributed by atoms with Gasteiger partial charge in [0.1, 0.15) is 0 Å². The molecule has 1 atom stereocenters. The van der Waals surface area contributed by atoms with E-state index in [-0.39, 0.29) is 17.3 Å². The lowest BCUT2D eigenvalue weighted by atomic mass is 10.0. The molecule has 0 aliphatic carbocycles. The molecule has 0 radical (unpaired) electrons. The van der Waals surface area contributed by atoms with Crippen LogP contribution in [0, 0.1) is 0 Å². The van der Waals surface area contributed by atoms with E-state index in [2.05, 4.69) is 35.2 Å². The third-order valence-corrected chi connectivity index (χ3v) is 7.12. The molecule has 2 aromatic heterocycles. The molecule has 2 N–H and O–H groups in total. The van der Waals surface area contributed by atoms with Gasteiger partial charge in [-0.3, -0.25) is 13.9 Å². The first-order chi connectivity index (χ1) is 17.3. The Bertz CT molecular complexity index is 1570. The molecule has 5 rings (SSSR count). The molecular formula is C28H34N6O2. The molecule has 188 valence electrons. The molecule has 4 aromatic rings. The van der Waals surface area contributed by atoms with Crippen LogP contribution in [-0.2, 0) is 26.6 Å². The zero-order valence-electron chi connectivity index (χ0n) is 21.3. The smallest absolute Gasteiger partial charge is 0.332 e. The van der Waals surface area contributed by atoms with Crippen LogP contribution in [0.5, 0.6) is 0 Å². The lowest BCUT2D eigenvalue weighted by Crippen LogP contribution is -2.44. The molecular weight excluding hydrogens is 452 g/mol. The number of nitrogens with zero attached hydrogens (tertiary/aromatic N) is 5. The van der Waals surface area contributed by atoms with Gasteiger partial charge in [-0.25, -0.2) is 4.79 Å². The van der Waals surface area contributed by atoms with E-state index in [1.807, 2.05) is 36.6 Å². The number of allylic oxidation sites excluding steroid dienone is 2. The van der Waals surface area contributed by atoms with Gasteiger partial charge in [0.05, 0.1) is 0 Å². The normalized spacial score (nSPS) is 16.1. The van der Waals surface area contributed by atoms with E-state index < -0.39 is 0 Å². The summed E-state index contributed by atoms with van der Waals surface area (Å²) in [5, 5.41) is 2.29. The molecule has 3 heterocycles. The minimum Gasteiger partial charge on any atom is -0.341 e. The Labute approximate surface area is 210 Å². The zero-order chi connectivity index (χ0) is 25.4. The molecule has 1 unspecified atom stereocenters. The van der Waals surface area contributed by atoms with Crippen LogP contribution < -0.4 is 21.9 Å². The van der Waals surface area contributed by atoms with E-state index >= 15 is 0 Å². The molecule has 1 aliphatic rings. The summed E-state index contributed by atoms with van der Waals surface area (Å²) in [6, 6.07) is 14.4. The first-order valence-electron chi connectivity index (χ1n) is 12.7. The summed E-state index contributed by atoms with van der Waals surface area (Å²) in [5.41, 5.74) is 8.76. The van der Waals surface area contributed by atoms with Gasteiger partial charge in [0.2, 0.25) is 5.95 Å². The fraction of sp³-hybridized carbons (Fsp3) is 0.393. The predicted octanol–water partition coefficient (Wildman–Crippen LogP) is 3.19. The van der Waals surface area contributed by atoms with Gasteiger partial charge in [-0.15, -0.1) is 0 Å². The van der Waals surface area contributed by atoms with Crippen molar-refractivity contribution in [2.24, 2.45) is 12.8 Å². The van der Waals surface area contributed by atoms with Crippen molar-refractivity contribution in [1.29, 1.82) is 0 Å². The summed E-state index contributed by atoms with van der Waals surface area (Å²) >= 11 is 0. The summed E-state index contributed by atoms with van der Waals surface area (Å²) in [6.07, 6.45) is 4.61. The van der Waals surface area contributed by atoms with E-state index in [1.165, 1.54) is 9.13 Å². The Balaban J connectivity index is 1.62. The summed E-state index contributed by atoms with van der Waals surface area (Å²) < 4.78 is 4.82. The number of imidazole rings is 1. The van der Waals surface area contributed by atoms with Crippen molar-refractivity contribution < 1.29 is 0 Å².